The predicted molar refractivity (Wildman–Crippen MR) is 73.2 cm³/mol. The first-order valence-electron chi connectivity index (χ1n) is 4.86. The largest absolute Gasteiger partial charge is 0.469 e. The summed E-state index contributed by atoms with van der Waals surface area (Å²) in [7, 11) is -2.43. The van der Waals surface area contributed by atoms with E-state index in [-0.39, 0.29) is 22.9 Å². The fourth-order valence-corrected chi connectivity index (χ4v) is 2.74. The van der Waals surface area contributed by atoms with Crippen LogP contribution >= 0.6 is 27.5 Å². The molecule has 100 valence electrons. The van der Waals surface area contributed by atoms with Gasteiger partial charge in [-0.2, -0.15) is 0 Å². The highest BCUT2D eigenvalue weighted by Crippen LogP contribution is 2.26. The van der Waals surface area contributed by atoms with Crippen molar-refractivity contribution in [2.75, 3.05) is 17.6 Å². The van der Waals surface area contributed by atoms with Crippen LogP contribution in [0.4, 0.5) is 5.69 Å². The van der Waals surface area contributed by atoms with Crippen LogP contribution in [0.5, 0.6) is 0 Å². The fraction of sp³-hybridized carbons (Fsp3) is 0.300. The summed E-state index contributed by atoms with van der Waals surface area (Å²) >= 11 is 9.06. The van der Waals surface area contributed by atoms with Crippen LogP contribution < -0.4 is 4.72 Å². The lowest BCUT2D eigenvalue weighted by Crippen LogP contribution is -2.19. The number of halogens is 2. The number of esters is 1. The standard InChI is InChI=1S/C10H11BrClNO4S/c1-17-10(14)4-5-18(15,16)13-9-6-7(11)2-3-8(9)12/h2-3,6,13H,4-5H2,1H3. The molecule has 0 radical (unpaired) electrons. The SMILES string of the molecule is COC(=O)CCS(=O)(=O)Nc1cc(Br)ccc1Cl. The summed E-state index contributed by atoms with van der Waals surface area (Å²) < 4.78 is 30.8. The van der Waals surface area contributed by atoms with Gasteiger partial charge in [-0.3, -0.25) is 9.52 Å². The molecule has 0 aliphatic rings. The molecule has 0 atom stereocenters. The van der Waals surface area contributed by atoms with Crippen molar-refractivity contribution >= 4 is 49.2 Å². The average molecular weight is 357 g/mol. The highest BCUT2D eigenvalue weighted by Gasteiger charge is 2.15. The van der Waals surface area contributed by atoms with Crippen molar-refractivity contribution in [1.29, 1.82) is 0 Å². The molecule has 0 unspecified atom stereocenters. The van der Waals surface area contributed by atoms with Crippen LogP contribution in [0.2, 0.25) is 5.02 Å². The average Bonchev–Trinajstić information content (AvgIpc) is 2.30. The maximum absolute atomic E-state index is 11.7. The minimum absolute atomic E-state index is 0.211. The molecule has 8 heteroatoms. The lowest BCUT2D eigenvalue weighted by Gasteiger charge is -2.09. The minimum atomic E-state index is -3.64. The van der Waals surface area contributed by atoms with E-state index in [1.807, 2.05) is 0 Å². The monoisotopic (exact) mass is 355 g/mol. The van der Waals surface area contributed by atoms with Gasteiger partial charge in [-0.1, -0.05) is 27.5 Å². The minimum Gasteiger partial charge on any atom is -0.469 e. The lowest BCUT2D eigenvalue weighted by atomic mass is 10.3. The zero-order chi connectivity index (χ0) is 13.8. The smallest absolute Gasteiger partial charge is 0.306 e. The van der Waals surface area contributed by atoms with Crippen LogP contribution in [0.15, 0.2) is 22.7 Å². The van der Waals surface area contributed by atoms with Crippen molar-refractivity contribution < 1.29 is 17.9 Å². The normalized spacial score (nSPS) is 11.1. The second-order valence-corrected chi connectivity index (χ2v) is 6.54. The Kier molecular flexibility index (Phi) is 5.43. The molecule has 0 aromatic heterocycles. The number of hydrogen-bond acceptors (Lipinski definition) is 4. The molecule has 5 nitrogen and oxygen atoms in total. The van der Waals surface area contributed by atoms with E-state index in [0.29, 0.717) is 4.47 Å². The second-order valence-electron chi connectivity index (χ2n) is 3.37. The molecule has 1 rings (SSSR count). The first kappa shape index (κ1) is 15.3. The van der Waals surface area contributed by atoms with E-state index in [1.165, 1.54) is 13.2 Å². The molecule has 1 aromatic rings. The number of carbonyl (C=O) groups excluding carboxylic acids is 1. The highest BCUT2D eigenvalue weighted by molar-refractivity contribution is 9.10. The van der Waals surface area contributed by atoms with Crippen LogP contribution in [-0.4, -0.2) is 27.2 Å². The molecule has 0 aliphatic carbocycles. The third kappa shape index (κ3) is 4.83. The van der Waals surface area contributed by atoms with Gasteiger partial charge >= 0.3 is 5.97 Å². The van der Waals surface area contributed by atoms with Gasteiger partial charge in [0.2, 0.25) is 10.0 Å². The first-order valence-corrected chi connectivity index (χ1v) is 7.69. The highest BCUT2D eigenvalue weighted by atomic mass is 79.9. The lowest BCUT2D eigenvalue weighted by molar-refractivity contribution is -0.140. The summed E-state index contributed by atoms with van der Waals surface area (Å²) in [6.07, 6.45) is -0.211. The van der Waals surface area contributed by atoms with Gasteiger partial charge in [-0.15, -0.1) is 0 Å². The van der Waals surface area contributed by atoms with E-state index in [4.69, 9.17) is 11.6 Å². The number of carbonyl (C=O) groups is 1. The summed E-state index contributed by atoms with van der Waals surface area (Å²) in [5, 5.41) is 0.278. The van der Waals surface area contributed by atoms with Gasteiger partial charge in [0, 0.05) is 4.47 Å². The Labute approximate surface area is 119 Å². The van der Waals surface area contributed by atoms with Gasteiger partial charge in [-0.25, -0.2) is 8.42 Å². The summed E-state index contributed by atoms with van der Waals surface area (Å²) in [6, 6.07) is 4.79. The zero-order valence-electron chi connectivity index (χ0n) is 9.44. The van der Waals surface area contributed by atoms with E-state index < -0.39 is 16.0 Å². The molecule has 0 bridgehead atoms. The third-order valence-electron chi connectivity index (χ3n) is 2.00. The molecular weight excluding hydrogens is 346 g/mol. The Morgan fingerprint density at radius 3 is 2.78 bits per heavy atom. The Bertz CT molecular complexity index is 547. The fourth-order valence-electron chi connectivity index (χ4n) is 1.11. The number of methoxy groups -OCH3 is 1. The van der Waals surface area contributed by atoms with Crippen LogP contribution in [0.1, 0.15) is 6.42 Å². The zero-order valence-corrected chi connectivity index (χ0v) is 12.6. The maximum atomic E-state index is 11.7. The number of benzene rings is 1. The number of hydrogen-bond donors (Lipinski definition) is 1. The molecule has 0 fully saturated rings. The Morgan fingerprint density at radius 2 is 2.17 bits per heavy atom. The summed E-state index contributed by atoms with van der Waals surface area (Å²) in [6.45, 7) is 0. The van der Waals surface area contributed by atoms with Crippen molar-refractivity contribution in [1.82, 2.24) is 0 Å². The van der Waals surface area contributed by atoms with Gasteiger partial charge in [0.05, 0.1) is 30.0 Å². The van der Waals surface area contributed by atoms with Gasteiger partial charge in [-0.05, 0) is 18.2 Å². The number of sulfonamides is 1. The number of nitrogens with one attached hydrogen (secondary N) is 1. The molecule has 18 heavy (non-hydrogen) atoms. The maximum Gasteiger partial charge on any atom is 0.306 e. The van der Waals surface area contributed by atoms with E-state index in [0.717, 1.165) is 0 Å². The molecule has 1 aromatic carbocycles. The summed E-state index contributed by atoms with van der Waals surface area (Å²) in [5.41, 5.74) is 0.260. The van der Waals surface area contributed by atoms with E-state index in [9.17, 15) is 13.2 Å². The third-order valence-corrected chi connectivity index (χ3v) is 4.09. The van der Waals surface area contributed by atoms with Crippen LogP contribution in [0, 0.1) is 0 Å². The molecule has 0 aliphatic heterocycles. The van der Waals surface area contributed by atoms with E-state index in [1.54, 1.807) is 12.1 Å². The molecule has 0 saturated heterocycles. The predicted octanol–water partition coefficient (Wildman–Crippen LogP) is 2.41. The molecule has 1 N–H and O–H groups in total. The Morgan fingerprint density at radius 1 is 1.50 bits per heavy atom. The van der Waals surface area contributed by atoms with Crippen molar-refractivity contribution in [3.8, 4) is 0 Å². The van der Waals surface area contributed by atoms with E-state index in [2.05, 4.69) is 25.4 Å². The molecule has 0 amide bonds. The van der Waals surface area contributed by atoms with Crippen LogP contribution in [-0.2, 0) is 19.6 Å². The van der Waals surface area contributed by atoms with Gasteiger partial charge in [0.1, 0.15) is 0 Å². The van der Waals surface area contributed by atoms with Crippen molar-refractivity contribution in [2.24, 2.45) is 0 Å². The molecule has 0 saturated carbocycles. The number of anilines is 1. The summed E-state index contributed by atoms with van der Waals surface area (Å²) in [4.78, 5) is 10.9. The Balaban J connectivity index is 2.76. The molecule has 0 heterocycles. The number of rotatable bonds is 5. The van der Waals surface area contributed by atoms with Gasteiger partial charge in [0.15, 0.2) is 0 Å². The quantitative estimate of drug-likeness (QED) is 0.822. The molecular formula is C10H11BrClNO4S. The molecule has 0 spiro atoms. The van der Waals surface area contributed by atoms with Gasteiger partial charge in [0.25, 0.3) is 0 Å². The second kappa shape index (κ2) is 6.40. The Hall–Kier alpha value is -0.790. The van der Waals surface area contributed by atoms with Crippen LogP contribution in [0.25, 0.3) is 0 Å². The summed E-state index contributed by atoms with van der Waals surface area (Å²) in [5.74, 6) is -0.941. The van der Waals surface area contributed by atoms with E-state index >= 15 is 0 Å². The van der Waals surface area contributed by atoms with Crippen molar-refractivity contribution in [3.63, 3.8) is 0 Å². The first-order chi connectivity index (χ1) is 8.34. The topological polar surface area (TPSA) is 72.5 Å². The van der Waals surface area contributed by atoms with Crippen molar-refractivity contribution in [2.45, 2.75) is 6.42 Å². The van der Waals surface area contributed by atoms with Crippen molar-refractivity contribution in [3.05, 3.63) is 27.7 Å². The number of ether oxygens (including phenoxy) is 1. The van der Waals surface area contributed by atoms with Gasteiger partial charge < -0.3 is 4.74 Å². The van der Waals surface area contributed by atoms with Crippen LogP contribution in [0.3, 0.4) is 0 Å².